The van der Waals surface area contributed by atoms with Crippen molar-refractivity contribution in [2.75, 3.05) is 32.1 Å². The lowest BCUT2D eigenvalue weighted by atomic mass is 9.89. The van der Waals surface area contributed by atoms with E-state index in [9.17, 15) is 9.59 Å². The average Bonchev–Trinajstić information content (AvgIpc) is 2.91. The van der Waals surface area contributed by atoms with Crippen molar-refractivity contribution in [1.29, 1.82) is 0 Å². The zero-order valence-electron chi connectivity index (χ0n) is 14.1. The molecule has 3 rings (SSSR count). The predicted molar refractivity (Wildman–Crippen MR) is 88.6 cm³/mol. The van der Waals surface area contributed by atoms with Gasteiger partial charge in [-0.05, 0) is 31.9 Å². The number of hydrogen-bond acceptors (Lipinski definition) is 4. The number of piperidine rings is 1. The molecule has 2 fully saturated rings. The quantitative estimate of drug-likeness (QED) is 0.921. The number of carbonyl (C=O) groups is 2. The molecule has 3 amide bonds. The zero-order chi connectivity index (χ0) is 17.2. The molecule has 7 heteroatoms. The molecule has 1 aromatic rings. The Bertz CT molecular complexity index is 626. The summed E-state index contributed by atoms with van der Waals surface area (Å²) in [5.41, 5.74) is 0.212. The van der Waals surface area contributed by atoms with Crippen molar-refractivity contribution >= 4 is 17.6 Å². The number of carbonyl (C=O) groups excluding carboxylic acids is 2. The highest BCUT2D eigenvalue weighted by Crippen LogP contribution is 2.36. The Morgan fingerprint density at radius 2 is 2.04 bits per heavy atom. The molecule has 1 aromatic carbocycles. The number of anilines is 1. The summed E-state index contributed by atoms with van der Waals surface area (Å²) < 4.78 is 5.25. The highest BCUT2D eigenvalue weighted by molar-refractivity contribution is 5.91. The van der Waals surface area contributed by atoms with Gasteiger partial charge in [0.1, 0.15) is 11.4 Å². The number of rotatable bonds is 3. The summed E-state index contributed by atoms with van der Waals surface area (Å²) >= 11 is 0. The van der Waals surface area contributed by atoms with Gasteiger partial charge in [0.05, 0.1) is 19.2 Å². The topological polar surface area (TPSA) is 71.1 Å². The van der Waals surface area contributed by atoms with Gasteiger partial charge >= 0.3 is 6.03 Å². The SMILES string of the molecule is CCN1OC2(CCN(C(=O)Nc3ccccc3OC)CC2)CC1=O. The Kier molecular flexibility index (Phi) is 4.62. The van der Waals surface area contributed by atoms with E-state index in [0.29, 0.717) is 50.3 Å². The molecule has 0 bridgehead atoms. The Morgan fingerprint density at radius 3 is 2.67 bits per heavy atom. The molecular formula is C17H23N3O4. The Morgan fingerprint density at radius 1 is 1.33 bits per heavy atom. The molecule has 1 spiro atoms. The van der Waals surface area contributed by atoms with Crippen LogP contribution in [0.1, 0.15) is 26.2 Å². The second kappa shape index (κ2) is 6.68. The molecule has 130 valence electrons. The molecule has 24 heavy (non-hydrogen) atoms. The van der Waals surface area contributed by atoms with Crippen molar-refractivity contribution in [2.24, 2.45) is 0 Å². The minimum absolute atomic E-state index is 0.0319. The molecule has 0 radical (unpaired) electrons. The summed E-state index contributed by atoms with van der Waals surface area (Å²) in [6.45, 7) is 3.57. The molecule has 0 aliphatic carbocycles. The van der Waals surface area contributed by atoms with Crippen molar-refractivity contribution < 1.29 is 19.2 Å². The summed E-state index contributed by atoms with van der Waals surface area (Å²) in [5.74, 6) is 0.659. The van der Waals surface area contributed by atoms with Crippen LogP contribution in [-0.4, -0.2) is 54.2 Å². The minimum atomic E-state index is -0.436. The molecule has 0 aromatic heterocycles. The van der Waals surface area contributed by atoms with E-state index in [0.717, 1.165) is 0 Å². The number of nitrogens with zero attached hydrogens (tertiary/aromatic N) is 2. The molecule has 1 N–H and O–H groups in total. The van der Waals surface area contributed by atoms with E-state index < -0.39 is 5.60 Å². The van der Waals surface area contributed by atoms with Gasteiger partial charge in [-0.25, -0.2) is 9.86 Å². The number of benzene rings is 1. The first-order chi connectivity index (χ1) is 11.6. The third-order valence-electron chi connectivity index (χ3n) is 4.65. The van der Waals surface area contributed by atoms with Crippen LogP contribution >= 0.6 is 0 Å². The summed E-state index contributed by atoms with van der Waals surface area (Å²) in [7, 11) is 1.57. The molecule has 0 saturated carbocycles. The van der Waals surface area contributed by atoms with Crippen LogP contribution in [0, 0.1) is 0 Å². The third kappa shape index (κ3) is 3.17. The van der Waals surface area contributed by atoms with E-state index >= 15 is 0 Å². The van der Waals surface area contributed by atoms with Crippen LogP contribution in [0.3, 0.4) is 0 Å². The number of hydroxylamine groups is 2. The fourth-order valence-corrected chi connectivity index (χ4v) is 3.25. The van der Waals surface area contributed by atoms with Gasteiger partial charge in [-0.2, -0.15) is 0 Å². The van der Waals surface area contributed by atoms with Gasteiger partial charge in [0.2, 0.25) is 5.91 Å². The van der Waals surface area contributed by atoms with Gasteiger partial charge in [0, 0.05) is 19.6 Å². The number of urea groups is 1. The van der Waals surface area contributed by atoms with Gasteiger partial charge < -0.3 is 15.0 Å². The second-order valence-corrected chi connectivity index (χ2v) is 6.16. The first-order valence-corrected chi connectivity index (χ1v) is 8.25. The molecule has 2 saturated heterocycles. The third-order valence-corrected chi connectivity index (χ3v) is 4.65. The number of ether oxygens (including phenoxy) is 1. The standard InChI is InChI=1S/C17H23N3O4/c1-3-20-15(21)12-17(24-20)8-10-19(11-9-17)16(22)18-13-6-4-5-7-14(13)23-2/h4-7H,3,8-12H2,1-2H3,(H,18,22). The van der Waals surface area contributed by atoms with E-state index in [2.05, 4.69) is 5.32 Å². The van der Waals surface area contributed by atoms with Crippen LogP contribution in [0.2, 0.25) is 0 Å². The minimum Gasteiger partial charge on any atom is -0.495 e. The van der Waals surface area contributed by atoms with E-state index in [4.69, 9.17) is 9.57 Å². The number of amides is 3. The Balaban J connectivity index is 1.59. The molecular weight excluding hydrogens is 310 g/mol. The molecule has 2 aliphatic rings. The lowest BCUT2D eigenvalue weighted by molar-refractivity contribution is -0.206. The molecule has 2 heterocycles. The summed E-state index contributed by atoms with van der Waals surface area (Å²) in [5, 5.41) is 4.32. The van der Waals surface area contributed by atoms with Gasteiger partial charge in [0.15, 0.2) is 0 Å². The number of para-hydroxylation sites is 2. The van der Waals surface area contributed by atoms with Crippen LogP contribution in [-0.2, 0) is 9.63 Å². The highest BCUT2D eigenvalue weighted by atomic mass is 16.7. The van der Waals surface area contributed by atoms with Crippen molar-refractivity contribution in [3.05, 3.63) is 24.3 Å². The average molecular weight is 333 g/mol. The van der Waals surface area contributed by atoms with Crippen molar-refractivity contribution in [2.45, 2.75) is 31.8 Å². The normalized spacial score (nSPS) is 19.7. The van der Waals surface area contributed by atoms with Gasteiger partial charge in [0.25, 0.3) is 0 Å². The molecule has 0 atom stereocenters. The maximum Gasteiger partial charge on any atom is 0.321 e. The highest BCUT2D eigenvalue weighted by Gasteiger charge is 2.46. The lowest BCUT2D eigenvalue weighted by Crippen LogP contribution is -2.48. The Labute approximate surface area is 141 Å². The first-order valence-electron chi connectivity index (χ1n) is 8.25. The monoisotopic (exact) mass is 333 g/mol. The van der Waals surface area contributed by atoms with E-state index in [-0.39, 0.29) is 11.9 Å². The van der Waals surface area contributed by atoms with Gasteiger partial charge in [-0.1, -0.05) is 12.1 Å². The van der Waals surface area contributed by atoms with Crippen molar-refractivity contribution in [1.82, 2.24) is 9.96 Å². The van der Waals surface area contributed by atoms with Gasteiger partial charge in [-0.15, -0.1) is 0 Å². The van der Waals surface area contributed by atoms with E-state index in [1.807, 2.05) is 19.1 Å². The van der Waals surface area contributed by atoms with Crippen LogP contribution in [0.4, 0.5) is 10.5 Å². The first kappa shape index (κ1) is 16.6. The second-order valence-electron chi connectivity index (χ2n) is 6.16. The predicted octanol–water partition coefficient (Wildman–Crippen LogP) is 2.25. The number of nitrogens with one attached hydrogen (secondary N) is 1. The summed E-state index contributed by atoms with van der Waals surface area (Å²) in [6, 6.07) is 7.15. The summed E-state index contributed by atoms with van der Waals surface area (Å²) in [6.07, 6.45) is 1.73. The smallest absolute Gasteiger partial charge is 0.321 e. The Hall–Kier alpha value is -2.28. The maximum absolute atomic E-state index is 12.5. The molecule has 7 nitrogen and oxygen atoms in total. The van der Waals surface area contributed by atoms with Gasteiger partial charge in [-0.3, -0.25) is 9.63 Å². The molecule has 2 aliphatic heterocycles. The van der Waals surface area contributed by atoms with Crippen LogP contribution < -0.4 is 10.1 Å². The fourth-order valence-electron chi connectivity index (χ4n) is 3.25. The van der Waals surface area contributed by atoms with Crippen LogP contribution in [0.5, 0.6) is 5.75 Å². The van der Waals surface area contributed by atoms with Crippen molar-refractivity contribution in [3.63, 3.8) is 0 Å². The van der Waals surface area contributed by atoms with E-state index in [1.165, 1.54) is 5.06 Å². The maximum atomic E-state index is 12.5. The number of likely N-dealkylation sites (tertiary alicyclic amines) is 1. The fraction of sp³-hybridized carbons (Fsp3) is 0.529. The van der Waals surface area contributed by atoms with Crippen molar-refractivity contribution in [3.8, 4) is 5.75 Å². The van der Waals surface area contributed by atoms with Crippen LogP contribution in [0.25, 0.3) is 0 Å². The van der Waals surface area contributed by atoms with Crippen LogP contribution in [0.15, 0.2) is 24.3 Å². The lowest BCUT2D eigenvalue weighted by Gasteiger charge is -2.37. The molecule has 0 unspecified atom stereocenters. The largest absolute Gasteiger partial charge is 0.495 e. The number of hydrogen-bond donors (Lipinski definition) is 1. The summed E-state index contributed by atoms with van der Waals surface area (Å²) in [4.78, 5) is 32.0. The number of methoxy groups -OCH3 is 1. The van der Waals surface area contributed by atoms with E-state index in [1.54, 1.807) is 24.1 Å². The zero-order valence-corrected chi connectivity index (χ0v) is 14.1.